The number of nitrogens with one attached hydrogen (secondary N) is 1. The van der Waals surface area contributed by atoms with Crippen LogP contribution in [0.4, 0.5) is 0 Å². The lowest BCUT2D eigenvalue weighted by molar-refractivity contribution is 0.0481. The van der Waals surface area contributed by atoms with E-state index >= 15 is 0 Å². The van der Waals surface area contributed by atoms with Crippen molar-refractivity contribution in [1.82, 2.24) is 5.48 Å². The van der Waals surface area contributed by atoms with Crippen molar-refractivity contribution in [2.45, 2.75) is 46.1 Å². The molecule has 0 aromatic rings. The molecule has 2 nitrogen and oxygen atoms in total. The first-order valence-corrected chi connectivity index (χ1v) is 4.45. The van der Waals surface area contributed by atoms with Gasteiger partial charge in [0.25, 0.3) is 0 Å². The second-order valence-electron chi connectivity index (χ2n) is 4.62. The van der Waals surface area contributed by atoms with Crippen LogP contribution in [-0.2, 0) is 0 Å². The molecule has 66 valence electrons. The molecule has 0 amide bonds. The van der Waals surface area contributed by atoms with Crippen LogP contribution in [0.25, 0.3) is 0 Å². The van der Waals surface area contributed by atoms with Crippen molar-refractivity contribution in [3.05, 3.63) is 0 Å². The van der Waals surface area contributed by atoms with Crippen molar-refractivity contribution in [1.29, 1.82) is 0 Å². The van der Waals surface area contributed by atoms with E-state index in [2.05, 4.69) is 26.3 Å². The highest BCUT2D eigenvalue weighted by molar-refractivity contribution is 4.84. The molecule has 1 aliphatic carbocycles. The van der Waals surface area contributed by atoms with Gasteiger partial charge >= 0.3 is 0 Å². The van der Waals surface area contributed by atoms with Crippen LogP contribution in [0, 0.1) is 11.3 Å². The lowest BCUT2D eigenvalue weighted by atomic mass is 9.71. The number of rotatable bonds is 1. The van der Waals surface area contributed by atoms with Crippen LogP contribution in [0.15, 0.2) is 0 Å². The summed E-state index contributed by atoms with van der Waals surface area (Å²) >= 11 is 0. The van der Waals surface area contributed by atoms with E-state index in [1.54, 1.807) is 0 Å². The first kappa shape index (κ1) is 9.01. The van der Waals surface area contributed by atoms with Gasteiger partial charge in [-0.1, -0.05) is 20.8 Å². The summed E-state index contributed by atoms with van der Waals surface area (Å²) in [5.41, 5.74) is 2.87. The van der Waals surface area contributed by atoms with Gasteiger partial charge in [0.2, 0.25) is 0 Å². The highest BCUT2D eigenvalue weighted by atomic mass is 16.5. The summed E-state index contributed by atoms with van der Waals surface area (Å²) in [6.07, 6.45) is 3.53. The van der Waals surface area contributed by atoms with E-state index in [9.17, 15) is 0 Å². The van der Waals surface area contributed by atoms with Crippen LogP contribution in [0.2, 0.25) is 0 Å². The number of hydrogen-bond acceptors (Lipinski definition) is 2. The van der Waals surface area contributed by atoms with E-state index in [0.717, 1.165) is 6.42 Å². The third-order valence-corrected chi connectivity index (χ3v) is 2.86. The lowest BCUT2D eigenvalue weighted by Crippen LogP contribution is -2.40. The molecular formula is C9H19NO. The normalized spacial score (nSPS) is 37.1. The molecule has 0 aliphatic heterocycles. The molecule has 1 rings (SSSR count). The first-order chi connectivity index (χ1) is 5.05. The minimum Gasteiger partial charge on any atom is -0.317 e. The van der Waals surface area contributed by atoms with Gasteiger partial charge in [-0.2, -0.15) is 0 Å². The van der Waals surface area contributed by atoms with Gasteiger partial charge < -0.3 is 5.21 Å². The fraction of sp³-hybridized carbons (Fsp3) is 1.00. The average Bonchev–Trinajstić information content (AvgIpc) is 1.86. The minimum atomic E-state index is 0.322. The summed E-state index contributed by atoms with van der Waals surface area (Å²) in [7, 11) is 0. The van der Waals surface area contributed by atoms with Crippen LogP contribution in [-0.4, -0.2) is 11.2 Å². The van der Waals surface area contributed by atoms with E-state index in [1.807, 2.05) is 0 Å². The fourth-order valence-corrected chi connectivity index (χ4v) is 2.14. The van der Waals surface area contributed by atoms with Crippen LogP contribution in [0.3, 0.4) is 0 Å². The molecule has 0 bridgehead atoms. The van der Waals surface area contributed by atoms with E-state index in [0.29, 0.717) is 17.4 Å². The molecule has 1 fully saturated rings. The molecule has 2 N–H and O–H groups in total. The van der Waals surface area contributed by atoms with Crippen molar-refractivity contribution in [3.8, 4) is 0 Å². The summed E-state index contributed by atoms with van der Waals surface area (Å²) in [5, 5.41) is 8.78. The average molecular weight is 157 g/mol. The summed E-state index contributed by atoms with van der Waals surface area (Å²) in [6.45, 7) is 6.81. The van der Waals surface area contributed by atoms with Crippen molar-refractivity contribution >= 4 is 0 Å². The zero-order valence-electron chi connectivity index (χ0n) is 7.72. The molecule has 2 atom stereocenters. The summed E-state index contributed by atoms with van der Waals surface area (Å²) in [4.78, 5) is 0. The zero-order valence-corrected chi connectivity index (χ0v) is 7.72. The monoisotopic (exact) mass is 157 g/mol. The Morgan fingerprint density at radius 3 is 2.55 bits per heavy atom. The Hall–Kier alpha value is -0.0800. The SMILES string of the molecule is CC1CC(C)(C)CCC1NO. The Morgan fingerprint density at radius 1 is 1.45 bits per heavy atom. The van der Waals surface area contributed by atoms with E-state index in [-0.39, 0.29) is 0 Å². The Kier molecular flexibility index (Phi) is 2.55. The quantitative estimate of drug-likeness (QED) is 0.572. The van der Waals surface area contributed by atoms with Crippen LogP contribution in [0.5, 0.6) is 0 Å². The molecule has 2 unspecified atom stereocenters. The molecule has 0 aromatic carbocycles. The van der Waals surface area contributed by atoms with Crippen LogP contribution < -0.4 is 5.48 Å². The summed E-state index contributed by atoms with van der Waals surface area (Å²) < 4.78 is 0. The maximum Gasteiger partial charge on any atom is 0.0345 e. The van der Waals surface area contributed by atoms with Gasteiger partial charge in [-0.15, -0.1) is 0 Å². The van der Waals surface area contributed by atoms with Crippen molar-refractivity contribution in [2.24, 2.45) is 11.3 Å². The van der Waals surface area contributed by atoms with Gasteiger partial charge in [-0.25, -0.2) is 5.48 Å². The predicted molar refractivity (Wildman–Crippen MR) is 45.5 cm³/mol. The van der Waals surface area contributed by atoms with Crippen molar-refractivity contribution in [3.63, 3.8) is 0 Å². The third-order valence-electron chi connectivity index (χ3n) is 2.86. The molecule has 0 spiro atoms. The highest BCUT2D eigenvalue weighted by Gasteiger charge is 2.31. The second-order valence-corrected chi connectivity index (χ2v) is 4.62. The molecule has 0 radical (unpaired) electrons. The molecule has 1 aliphatic rings. The van der Waals surface area contributed by atoms with E-state index < -0.39 is 0 Å². The standard InChI is InChI=1S/C9H19NO/c1-7-6-9(2,3)5-4-8(7)10-11/h7-8,10-11H,4-6H2,1-3H3. The zero-order chi connectivity index (χ0) is 8.48. The fourth-order valence-electron chi connectivity index (χ4n) is 2.14. The Morgan fingerprint density at radius 2 is 2.09 bits per heavy atom. The maximum absolute atomic E-state index is 8.78. The smallest absolute Gasteiger partial charge is 0.0345 e. The first-order valence-electron chi connectivity index (χ1n) is 4.45. The third kappa shape index (κ3) is 2.17. The number of hydroxylamine groups is 1. The minimum absolute atomic E-state index is 0.322. The van der Waals surface area contributed by atoms with Crippen LogP contribution >= 0.6 is 0 Å². The Balaban J connectivity index is 2.48. The molecule has 1 saturated carbocycles. The van der Waals surface area contributed by atoms with Gasteiger partial charge in [0.1, 0.15) is 0 Å². The summed E-state index contributed by atoms with van der Waals surface area (Å²) in [5.74, 6) is 0.601. The van der Waals surface area contributed by atoms with Gasteiger partial charge in [0, 0.05) is 6.04 Å². The summed E-state index contributed by atoms with van der Waals surface area (Å²) in [6, 6.07) is 0.322. The molecule has 0 heterocycles. The second kappa shape index (κ2) is 3.11. The molecular weight excluding hydrogens is 138 g/mol. The molecule has 0 aromatic heterocycles. The molecule has 0 saturated heterocycles. The van der Waals surface area contributed by atoms with Crippen LogP contribution in [0.1, 0.15) is 40.0 Å². The molecule has 11 heavy (non-hydrogen) atoms. The molecule has 2 heteroatoms. The van der Waals surface area contributed by atoms with Crippen molar-refractivity contribution in [2.75, 3.05) is 0 Å². The van der Waals surface area contributed by atoms with Gasteiger partial charge in [0.15, 0.2) is 0 Å². The van der Waals surface area contributed by atoms with Crippen molar-refractivity contribution < 1.29 is 5.21 Å². The lowest BCUT2D eigenvalue weighted by Gasteiger charge is -2.38. The largest absolute Gasteiger partial charge is 0.317 e. The van der Waals surface area contributed by atoms with Gasteiger partial charge in [-0.3, -0.25) is 0 Å². The highest BCUT2D eigenvalue weighted by Crippen LogP contribution is 2.38. The topological polar surface area (TPSA) is 32.3 Å². The van der Waals surface area contributed by atoms with E-state index in [1.165, 1.54) is 12.8 Å². The Bertz CT molecular complexity index is 134. The predicted octanol–water partition coefficient (Wildman–Crippen LogP) is 2.18. The maximum atomic E-state index is 8.78. The number of hydrogen-bond donors (Lipinski definition) is 2. The van der Waals surface area contributed by atoms with Gasteiger partial charge in [0.05, 0.1) is 0 Å². The van der Waals surface area contributed by atoms with Gasteiger partial charge in [-0.05, 0) is 30.6 Å². The van der Waals surface area contributed by atoms with E-state index in [4.69, 9.17) is 5.21 Å². The Labute approximate surface area is 69.0 Å².